The molecule has 3 unspecified atom stereocenters. The van der Waals surface area contributed by atoms with Crippen LogP contribution in [0, 0.1) is 11.8 Å². The van der Waals surface area contributed by atoms with Gasteiger partial charge in [0.25, 0.3) is 0 Å². The maximum absolute atomic E-state index is 9.46. The summed E-state index contributed by atoms with van der Waals surface area (Å²) in [7, 11) is 0. The van der Waals surface area contributed by atoms with E-state index < -0.39 is 0 Å². The monoisotopic (exact) mass is 261 g/mol. The van der Waals surface area contributed by atoms with Crippen LogP contribution in [0.2, 0.25) is 0 Å². The molecule has 1 fully saturated rings. The molecule has 2 heteroatoms. The number of nitrogens with one attached hydrogen (secondary N) is 1. The topological polar surface area (TPSA) is 32.3 Å². The molecule has 1 aliphatic carbocycles. The van der Waals surface area contributed by atoms with Crippen LogP contribution < -0.4 is 5.32 Å². The summed E-state index contributed by atoms with van der Waals surface area (Å²) >= 11 is 0. The predicted octanol–water partition coefficient (Wildman–Crippen LogP) is 3.52. The van der Waals surface area contributed by atoms with E-state index in [0.717, 1.165) is 12.8 Å². The van der Waals surface area contributed by atoms with Crippen molar-refractivity contribution in [3.63, 3.8) is 0 Å². The molecule has 0 bridgehead atoms. The van der Waals surface area contributed by atoms with Gasteiger partial charge in [0.1, 0.15) is 0 Å². The minimum atomic E-state index is 0.320. The van der Waals surface area contributed by atoms with E-state index in [1.165, 1.54) is 18.4 Å². The quantitative estimate of drug-likeness (QED) is 0.821. The Labute approximate surface area is 117 Å². The predicted molar refractivity (Wildman–Crippen MR) is 80.0 cm³/mol. The van der Waals surface area contributed by atoms with E-state index >= 15 is 0 Å². The van der Waals surface area contributed by atoms with Gasteiger partial charge in [0.05, 0.1) is 0 Å². The molecule has 0 spiro atoms. The summed E-state index contributed by atoms with van der Waals surface area (Å²) in [6, 6.07) is 11.6. The molecule has 0 aliphatic heterocycles. The summed E-state index contributed by atoms with van der Waals surface area (Å²) in [5.41, 5.74) is 1.37. The Balaban J connectivity index is 2.06. The van der Waals surface area contributed by atoms with E-state index in [4.69, 9.17) is 0 Å². The highest BCUT2D eigenvalue weighted by Gasteiger charge is 2.28. The molecule has 1 saturated carbocycles. The summed E-state index contributed by atoms with van der Waals surface area (Å²) in [6.45, 7) is 4.87. The van der Waals surface area contributed by atoms with Crippen LogP contribution in [0.4, 0.5) is 0 Å². The minimum Gasteiger partial charge on any atom is -0.396 e. The molecule has 1 aromatic carbocycles. The fourth-order valence-corrected chi connectivity index (χ4v) is 3.19. The maximum Gasteiger partial charge on any atom is 0.0474 e. The molecule has 1 aliphatic rings. The smallest absolute Gasteiger partial charge is 0.0474 e. The molecular weight excluding hydrogens is 234 g/mol. The second-order valence-corrected chi connectivity index (χ2v) is 6.24. The molecular formula is C17H27NO. The molecule has 0 saturated heterocycles. The van der Waals surface area contributed by atoms with Crippen molar-refractivity contribution in [3.05, 3.63) is 35.9 Å². The van der Waals surface area contributed by atoms with Gasteiger partial charge in [0.15, 0.2) is 0 Å². The second kappa shape index (κ2) is 7.06. The summed E-state index contributed by atoms with van der Waals surface area (Å²) in [4.78, 5) is 0. The van der Waals surface area contributed by atoms with Gasteiger partial charge < -0.3 is 10.4 Å². The van der Waals surface area contributed by atoms with Crippen LogP contribution in [0.1, 0.15) is 51.1 Å². The summed E-state index contributed by atoms with van der Waals surface area (Å²) in [6.07, 6.45) is 4.76. The van der Waals surface area contributed by atoms with Crippen LogP contribution in [0.15, 0.2) is 30.3 Å². The van der Waals surface area contributed by atoms with Crippen LogP contribution in [0.5, 0.6) is 0 Å². The average molecular weight is 261 g/mol. The zero-order valence-corrected chi connectivity index (χ0v) is 12.2. The molecule has 3 atom stereocenters. The minimum absolute atomic E-state index is 0.320. The Morgan fingerprint density at radius 3 is 2.58 bits per heavy atom. The number of aliphatic hydroxyl groups is 1. The zero-order chi connectivity index (χ0) is 13.7. The lowest BCUT2D eigenvalue weighted by atomic mass is 9.94. The first-order valence-corrected chi connectivity index (χ1v) is 7.62. The van der Waals surface area contributed by atoms with Crippen molar-refractivity contribution in [2.75, 3.05) is 6.61 Å². The maximum atomic E-state index is 9.46. The highest BCUT2D eigenvalue weighted by Crippen LogP contribution is 2.29. The first-order valence-electron chi connectivity index (χ1n) is 7.62. The van der Waals surface area contributed by atoms with Gasteiger partial charge in [-0.3, -0.25) is 0 Å². The SMILES string of the molecule is CC(C)CC(NC1CCCC1CO)c1ccccc1. The van der Waals surface area contributed by atoms with E-state index in [9.17, 15) is 5.11 Å². The molecule has 2 rings (SSSR count). The van der Waals surface area contributed by atoms with E-state index in [2.05, 4.69) is 49.5 Å². The van der Waals surface area contributed by atoms with Crippen LogP contribution in [-0.4, -0.2) is 17.8 Å². The van der Waals surface area contributed by atoms with Gasteiger partial charge in [-0.25, -0.2) is 0 Å². The van der Waals surface area contributed by atoms with Gasteiger partial charge in [-0.05, 0) is 36.7 Å². The molecule has 2 N–H and O–H groups in total. The molecule has 0 amide bonds. The summed E-state index contributed by atoms with van der Waals surface area (Å²) < 4.78 is 0. The lowest BCUT2D eigenvalue weighted by molar-refractivity contribution is 0.196. The highest BCUT2D eigenvalue weighted by molar-refractivity contribution is 5.19. The molecule has 0 aromatic heterocycles. The van der Waals surface area contributed by atoms with Gasteiger partial charge in [0, 0.05) is 18.7 Å². The normalized spacial score (nSPS) is 24.8. The Morgan fingerprint density at radius 1 is 1.21 bits per heavy atom. The van der Waals surface area contributed by atoms with E-state index in [1.807, 2.05) is 0 Å². The third-order valence-electron chi connectivity index (χ3n) is 4.22. The average Bonchev–Trinajstić information content (AvgIpc) is 2.86. The summed E-state index contributed by atoms with van der Waals surface area (Å²) in [5, 5.41) is 13.3. The van der Waals surface area contributed by atoms with E-state index in [-0.39, 0.29) is 0 Å². The van der Waals surface area contributed by atoms with Crippen LogP contribution in [-0.2, 0) is 0 Å². The fourth-order valence-electron chi connectivity index (χ4n) is 3.19. The molecule has 19 heavy (non-hydrogen) atoms. The number of rotatable bonds is 6. The molecule has 106 valence electrons. The van der Waals surface area contributed by atoms with Gasteiger partial charge in [-0.2, -0.15) is 0 Å². The van der Waals surface area contributed by atoms with Crippen molar-refractivity contribution >= 4 is 0 Å². The molecule has 1 aromatic rings. The molecule has 2 nitrogen and oxygen atoms in total. The van der Waals surface area contributed by atoms with Gasteiger partial charge in [-0.1, -0.05) is 50.6 Å². The third kappa shape index (κ3) is 4.05. The lowest BCUT2D eigenvalue weighted by Gasteiger charge is -2.28. The van der Waals surface area contributed by atoms with E-state index in [1.54, 1.807) is 0 Å². The summed E-state index contributed by atoms with van der Waals surface area (Å²) in [5.74, 6) is 1.12. The standard InChI is InChI=1S/C17H27NO/c1-13(2)11-17(14-7-4-3-5-8-14)18-16-10-6-9-15(16)12-19/h3-5,7-8,13,15-19H,6,9-12H2,1-2H3. The zero-order valence-electron chi connectivity index (χ0n) is 12.2. The van der Waals surface area contributed by atoms with Crippen molar-refractivity contribution < 1.29 is 5.11 Å². The highest BCUT2D eigenvalue weighted by atomic mass is 16.3. The number of benzene rings is 1. The molecule has 0 heterocycles. The first kappa shape index (κ1) is 14.5. The van der Waals surface area contributed by atoms with Gasteiger partial charge in [-0.15, -0.1) is 0 Å². The van der Waals surface area contributed by atoms with Crippen LogP contribution in [0.25, 0.3) is 0 Å². The Kier molecular flexibility index (Phi) is 5.41. The van der Waals surface area contributed by atoms with Crippen molar-refractivity contribution in [1.29, 1.82) is 0 Å². The Morgan fingerprint density at radius 2 is 1.95 bits per heavy atom. The molecule has 0 radical (unpaired) electrons. The van der Waals surface area contributed by atoms with Crippen LogP contribution >= 0.6 is 0 Å². The van der Waals surface area contributed by atoms with E-state index in [0.29, 0.717) is 30.5 Å². The van der Waals surface area contributed by atoms with Crippen LogP contribution in [0.3, 0.4) is 0 Å². The second-order valence-electron chi connectivity index (χ2n) is 6.24. The largest absolute Gasteiger partial charge is 0.396 e. The lowest BCUT2D eigenvalue weighted by Crippen LogP contribution is -2.37. The third-order valence-corrected chi connectivity index (χ3v) is 4.22. The van der Waals surface area contributed by atoms with Crippen molar-refractivity contribution in [2.45, 2.75) is 51.6 Å². The van der Waals surface area contributed by atoms with Crippen molar-refractivity contribution in [3.8, 4) is 0 Å². The number of hydrogen-bond donors (Lipinski definition) is 2. The Hall–Kier alpha value is -0.860. The van der Waals surface area contributed by atoms with Crippen molar-refractivity contribution in [2.24, 2.45) is 11.8 Å². The number of hydrogen-bond acceptors (Lipinski definition) is 2. The van der Waals surface area contributed by atoms with Gasteiger partial charge in [0.2, 0.25) is 0 Å². The van der Waals surface area contributed by atoms with Crippen molar-refractivity contribution in [1.82, 2.24) is 5.32 Å². The van der Waals surface area contributed by atoms with Gasteiger partial charge >= 0.3 is 0 Å². The Bertz CT molecular complexity index is 363. The fraction of sp³-hybridized carbons (Fsp3) is 0.647. The first-order chi connectivity index (χ1) is 9.20. The number of aliphatic hydroxyl groups excluding tert-OH is 1.